The average Bonchev–Trinajstić information content (AvgIpc) is 2.86. The van der Waals surface area contributed by atoms with Gasteiger partial charge in [0.25, 0.3) is 11.5 Å². The first kappa shape index (κ1) is 21.6. The Labute approximate surface area is 197 Å². The number of fused-ring (bicyclic) bond motifs is 2. The van der Waals surface area contributed by atoms with Gasteiger partial charge in [0.1, 0.15) is 6.54 Å². The molecule has 0 spiro atoms. The van der Waals surface area contributed by atoms with Gasteiger partial charge in [-0.25, -0.2) is 0 Å². The number of carbonyl (C=O) groups is 2. The van der Waals surface area contributed by atoms with Gasteiger partial charge in [-0.1, -0.05) is 60.2 Å². The van der Waals surface area contributed by atoms with Gasteiger partial charge < -0.3 is 10.2 Å². The fourth-order valence-electron chi connectivity index (χ4n) is 4.50. The zero-order chi connectivity index (χ0) is 23.7. The van der Waals surface area contributed by atoms with Crippen LogP contribution in [0.1, 0.15) is 27.0 Å². The van der Waals surface area contributed by atoms with E-state index in [2.05, 4.69) is 11.4 Å². The Balaban J connectivity index is 1.45. The van der Waals surface area contributed by atoms with E-state index in [0.29, 0.717) is 35.2 Å². The van der Waals surface area contributed by atoms with Crippen LogP contribution < -0.4 is 10.9 Å². The molecule has 6 nitrogen and oxygen atoms in total. The lowest BCUT2D eigenvalue weighted by molar-refractivity contribution is -0.116. The maximum Gasteiger partial charge on any atom is 0.255 e. The zero-order valence-corrected chi connectivity index (χ0v) is 19.0. The SMILES string of the molecule is Cc1ccc(NC(=O)Cn2c(=O)cc(C(=O)N3CCc4ccccc4C3)c3ccccc32)cc1. The van der Waals surface area contributed by atoms with Crippen molar-refractivity contribution in [2.24, 2.45) is 0 Å². The van der Waals surface area contributed by atoms with Crippen LogP contribution in [0.3, 0.4) is 0 Å². The van der Waals surface area contributed by atoms with Gasteiger partial charge in [-0.05, 0) is 42.7 Å². The number of para-hydroxylation sites is 1. The maximum atomic E-state index is 13.5. The number of anilines is 1. The first-order chi connectivity index (χ1) is 16.5. The van der Waals surface area contributed by atoms with E-state index in [9.17, 15) is 14.4 Å². The molecule has 4 aromatic rings. The van der Waals surface area contributed by atoms with Crippen LogP contribution in [0.25, 0.3) is 10.9 Å². The maximum absolute atomic E-state index is 13.5. The molecule has 170 valence electrons. The second-order valence-electron chi connectivity index (χ2n) is 8.66. The van der Waals surface area contributed by atoms with Crippen molar-refractivity contribution in [3.05, 3.63) is 111 Å². The molecular weight excluding hydrogens is 426 g/mol. The number of nitrogens with zero attached hydrogens (tertiary/aromatic N) is 2. The summed E-state index contributed by atoms with van der Waals surface area (Å²) in [5, 5.41) is 3.50. The van der Waals surface area contributed by atoms with Crippen molar-refractivity contribution in [1.82, 2.24) is 9.47 Å². The lowest BCUT2D eigenvalue weighted by Crippen LogP contribution is -2.37. The van der Waals surface area contributed by atoms with Gasteiger partial charge in [0.05, 0.1) is 11.1 Å². The van der Waals surface area contributed by atoms with Gasteiger partial charge in [-0.2, -0.15) is 0 Å². The van der Waals surface area contributed by atoms with Crippen molar-refractivity contribution in [2.45, 2.75) is 26.4 Å². The number of hydrogen-bond acceptors (Lipinski definition) is 3. The molecule has 0 fully saturated rings. The Kier molecular flexibility index (Phi) is 5.72. The largest absolute Gasteiger partial charge is 0.334 e. The summed E-state index contributed by atoms with van der Waals surface area (Å²) in [5.41, 5.74) is 4.71. The topological polar surface area (TPSA) is 71.4 Å². The van der Waals surface area contributed by atoms with Crippen LogP contribution in [0, 0.1) is 6.92 Å². The van der Waals surface area contributed by atoms with Crippen LogP contribution in [0.2, 0.25) is 0 Å². The van der Waals surface area contributed by atoms with E-state index in [1.807, 2.05) is 67.6 Å². The second-order valence-corrected chi connectivity index (χ2v) is 8.66. The van der Waals surface area contributed by atoms with E-state index in [1.165, 1.54) is 16.2 Å². The molecule has 0 saturated heterocycles. The molecule has 1 aliphatic rings. The third kappa shape index (κ3) is 4.22. The van der Waals surface area contributed by atoms with E-state index in [1.54, 1.807) is 11.0 Å². The Morgan fingerprint density at radius 1 is 0.912 bits per heavy atom. The van der Waals surface area contributed by atoms with Gasteiger partial charge in [-0.3, -0.25) is 19.0 Å². The van der Waals surface area contributed by atoms with E-state index in [0.717, 1.165) is 17.5 Å². The molecule has 5 rings (SSSR count). The fraction of sp³-hybridized carbons (Fsp3) is 0.179. The highest BCUT2D eigenvalue weighted by atomic mass is 16.2. The van der Waals surface area contributed by atoms with Crippen molar-refractivity contribution < 1.29 is 9.59 Å². The summed E-state index contributed by atoms with van der Waals surface area (Å²) in [4.78, 5) is 41.1. The summed E-state index contributed by atoms with van der Waals surface area (Å²) in [5.74, 6) is -0.470. The van der Waals surface area contributed by atoms with E-state index in [-0.39, 0.29) is 23.9 Å². The first-order valence-electron chi connectivity index (χ1n) is 11.3. The monoisotopic (exact) mass is 451 g/mol. The molecular formula is C28H25N3O3. The molecule has 1 aliphatic heterocycles. The molecule has 6 heteroatoms. The first-order valence-corrected chi connectivity index (χ1v) is 11.3. The van der Waals surface area contributed by atoms with Gasteiger partial charge in [0.15, 0.2) is 0 Å². The minimum Gasteiger partial charge on any atom is -0.334 e. The molecule has 0 aliphatic carbocycles. The van der Waals surface area contributed by atoms with Gasteiger partial charge in [0, 0.05) is 30.2 Å². The highest BCUT2D eigenvalue weighted by molar-refractivity contribution is 6.06. The van der Waals surface area contributed by atoms with Crippen LogP contribution in [-0.2, 0) is 24.3 Å². The summed E-state index contributed by atoms with van der Waals surface area (Å²) in [6.45, 7) is 2.96. The molecule has 0 atom stereocenters. The second kappa shape index (κ2) is 8.98. The molecule has 0 unspecified atom stereocenters. The Bertz CT molecular complexity index is 1450. The summed E-state index contributed by atoms with van der Waals surface area (Å²) >= 11 is 0. The third-order valence-corrected chi connectivity index (χ3v) is 6.30. The molecule has 2 amide bonds. The van der Waals surface area contributed by atoms with Crippen molar-refractivity contribution in [3.8, 4) is 0 Å². The highest BCUT2D eigenvalue weighted by Crippen LogP contribution is 2.23. The normalized spacial score (nSPS) is 12.9. The lowest BCUT2D eigenvalue weighted by Gasteiger charge is -2.29. The smallest absolute Gasteiger partial charge is 0.255 e. The van der Waals surface area contributed by atoms with E-state index >= 15 is 0 Å². The third-order valence-electron chi connectivity index (χ3n) is 6.30. The predicted molar refractivity (Wildman–Crippen MR) is 133 cm³/mol. The van der Waals surface area contributed by atoms with Gasteiger partial charge in [-0.15, -0.1) is 0 Å². The number of aromatic nitrogens is 1. The average molecular weight is 452 g/mol. The minimum absolute atomic E-state index is 0.140. The number of rotatable bonds is 4. The summed E-state index contributed by atoms with van der Waals surface area (Å²) in [6, 6.07) is 24.2. The van der Waals surface area contributed by atoms with Gasteiger partial charge in [0.2, 0.25) is 5.91 Å². The number of hydrogen-bond donors (Lipinski definition) is 1. The van der Waals surface area contributed by atoms with Crippen LogP contribution in [-0.4, -0.2) is 27.8 Å². The Morgan fingerprint density at radius 2 is 1.62 bits per heavy atom. The van der Waals surface area contributed by atoms with Gasteiger partial charge >= 0.3 is 0 Å². The predicted octanol–water partition coefficient (Wildman–Crippen LogP) is 4.15. The van der Waals surface area contributed by atoms with Crippen molar-refractivity contribution >= 4 is 28.4 Å². The summed E-state index contributed by atoms with van der Waals surface area (Å²) < 4.78 is 1.42. The van der Waals surface area contributed by atoms with Crippen LogP contribution >= 0.6 is 0 Å². The number of benzene rings is 3. The standard InChI is InChI=1S/C28H25N3O3/c1-19-10-12-22(13-11-19)29-26(32)18-31-25-9-5-4-8-23(25)24(16-27(31)33)28(34)30-15-14-20-6-2-3-7-21(20)17-30/h2-13,16H,14-15,17-18H2,1H3,(H,29,32). The number of carbonyl (C=O) groups excluding carboxylic acids is 2. The highest BCUT2D eigenvalue weighted by Gasteiger charge is 2.24. The lowest BCUT2D eigenvalue weighted by atomic mass is 9.98. The molecule has 1 N–H and O–H groups in total. The Morgan fingerprint density at radius 3 is 2.41 bits per heavy atom. The summed E-state index contributed by atoms with van der Waals surface area (Å²) in [6.07, 6.45) is 0.788. The minimum atomic E-state index is -0.376. The number of nitrogens with one attached hydrogen (secondary N) is 1. The number of amides is 2. The molecule has 0 radical (unpaired) electrons. The van der Waals surface area contributed by atoms with Crippen LogP contribution in [0.5, 0.6) is 0 Å². The van der Waals surface area contributed by atoms with Crippen LogP contribution in [0.4, 0.5) is 5.69 Å². The molecule has 2 heterocycles. The molecule has 0 bridgehead atoms. The zero-order valence-electron chi connectivity index (χ0n) is 19.0. The fourth-order valence-corrected chi connectivity index (χ4v) is 4.50. The quantitative estimate of drug-likeness (QED) is 0.507. The van der Waals surface area contributed by atoms with E-state index < -0.39 is 0 Å². The van der Waals surface area contributed by atoms with Crippen molar-refractivity contribution in [3.63, 3.8) is 0 Å². The molecule has 0 saturated carbocycles. The van der Waals surface area contributed by atoms with Crippen LogP contribution in [0.15, 0.2) is 83.7 Å². The molecule has 3 aromatic carbocycles. The Hall–Kier alpha value is -4.19. The number of aryl methyl sites for hydroxylation is 1. The number of pyridine rings is 1. The summed E-state index contributed by atoms with van der Waals surface area (Å²) in [7, 11) is 0. The molecule has 34 heavy (non-hydrogen) atoms. The van der Waals surface area contributed by atoms with Crippen molar-refractivity contribution in [1.29, 1.82) is 0 Å². The van der Waals surface area contributed by atoms with Crippen molar-refractivity contribution in [2.75, 3.05) is 11.9 Å². The van der Waals surface area contributed by atoms with E-state index in [4.69, 9.17) is 0 Å². The molecule has 1 aromatic heterocycles.